The molecule has 1 aliphatic rings. The third-order valence-electron chi connectivity index (χ3n) is 4.14. The van der Waals surface area contributed by atoms with Crippen molar-refractivity contribution in [1.29, 1.82) is 0 Å². The summed E-state index contributed by atoms with van der Waals surface area (Å²) in [6.45, 7) is 3.97. The van der Waals surface area contributed by atoms with Gasteiger partial charge in [-0.25, -0.2) is 0 Å². The summed E-state index contributed by atoms with van der Waals surface area (Å²) in [5.74, 6) is 1.78. The smallest absolute Gasteiger partial charge is 0.121 e. The van der Waals surface area contributed by atoms with Crippen molar-refractivity contribution in [2.24, 2.45) is 5.92 Å². The Bertz CT molecular complexity index is 400. The molecule has 20 heavy (non-hydrogen) atoms. The first-order chi connectivity index (χ1) is 9.65. The highest BCUT2D eigenvalue weighted by Crippen LogP contribution is 2.29. The average Bonchev–Trinajstić information content (AvgIpc) is 2.92. The largest absolute Gasteiger partial charge is 0.492 e. The van der Waals surface area contributed by atoms with Crippen LogP contribution in [0.1, 0.15) is 32.6 Å². The van der Waals surface area contributed by atoms with Gasteiger partial charge in [-0.2, -0.15) is 0 Å². The second-order valence-corrected chi connectivity index (χ2v) is 6.16. The quantitative estimate of drug-likeness (QED) is 0.823. The summed E-state index contributed by atoms with van der Waals surface area (Å²) >= 11 is 0. The summed E-state index contributed by atoms with van der Waals surface area (Å²) < 4.78 is 5.78. The highest BCUT2D eigenvalue weighted by atomic mass is 16.5. The molecule has 1 unspecified atom stereocenters. The van der Waals surface area contributed by atoms with Crippen LogP contribution in [0, 0.1) is 5.92 Å². The molecular formula is C17H28N2O. The normalized spacial score (nSPS) is 17.4. The van der Waals surface area contributed by atoms with E-state index in [4.69, 9.17) is 4.74 Å². The molecule has 0 heterocycles. The molecule has 0 radical (unpaired) electrons. The lowest BCUT2D eigenvalue weighted by atomic mass is 9.99. The predicted octanol–water partition coefficient (Wildman–Crippen LogP) is 3.62. The van der Waals surface area contributed by atoms with Crippen molar-refractivity contribution >= 4 is 5.69 Å². The first-order valence-electron chi connectivity index (χ1n) is 7.79. The lowest BCUT2D eigenvalue weighted by Gasteiger charge is -2.22. The van der Waals surface area contributed by atoms with E-state index in [9.17, 15) is 0 Å². The maximum atomic E-state index is 5.78. The molecule has 0 aliphatic heterocycles. The molecule has 1 fully saturated rings. The van der Waals surface area contributed by atoms with Gasteiger partial charge in [-0.05, 0) is 51.9 Å². The van der Waals surface area contributed by atoms with Crippen molar-refractivity contribution in [1.82, 2.24) is 4.90 Å². The maximum absolute atomic E-state index is 5.78. The zero-order chi connectivity index (χ0) is 14.4. The number of hydrogen-bond donors (Lipinski definition) is 1. The average molecular weight is 276 g/mol. The Kier molecular flexibility index (Phi) is 5.72. The minimum Gasteiger partial charge on any atom is -0.492 e. The summed E-state index contributed by atoms with van der Waals surface area (Å²) in [4.78, 5) is 2.13. The second-order valence-electron chi connectivity index (χ2n) is 6.16. The number of rotatable bonds is 7. The van der Waals surface area contributed by atoms with Gasteiger partial charge in [0, 0.05) is 24.3 Å². The van der Waals surface area contributed by atoms with Gasteiger partial charge >= 0.3 is 0 Å². The van der Waals surface area contributed by atoms with E-state index in [0.717, 1.165) is 24.8 Å². The molecule has 1 N–H and O–H groups in total. The van der Waals surface area contributed by atoms with Crippen LogP contribution in [-0.4, -0.2) is 38.2 Å². The molecule has 3 heteroatoms. The summed E-state index contributed by atoms with van der Waals surface area (Å²) in [5, 5.41) is 3.63. The number of hydrogen-bond acceptors (Lipinski definition) is 3. The van der Waals surface area contributed by atoms with Gasteiger partial charge in [-0.1, -0.05) is 18.9 Å². The van der Waals surface area contributed by atoms with Crippen LogP contribution in [0.25, 0.3) is 0 Å². The number of ether oxygens (including phenoxy) is 1. The van der Waals surface area contributed by atoms with E-state index in [2.05, 4.69) is 49.4 Å². The molecule has 0 amide bonds. The lowest BCUT2D eigenvalue weighted by Crippen LogP contribution is -2.23. The Labute approximate surface area is 123 Å². The van der Waals surface area contributed by atoms with Gasteiger partial charge in [-0.15, -0.1) is 0 Å². The molecule has 0 bridgehead atoms. The molecule has 0 saturated heterocycles. The van der Waals surface area contributed by atoms with Crippen LogP contribution in [0.15, 0.2) is 24.3 Å². The zero-order valence-electron chi connectivity index (χ0n) is 13.1. The number of nitrogens with zero attached hydrogens (tertiary/aromatic N) is 1. The van der Waals surface area contributed by atoms with Crippen LogP contribution in [0.4, 0.5) is 5.69 Å². The van der Waals surface area contributed by atoms with E-state index in [-0.39, 0.29) is 0 Å². The topological polar surface area (TPSA) is 24.5 Å². The first kappa shape index (κ1) is 15.2. The molecule has 112 valence electrons. The predicted molar refractivity (Wildman–Crippen MR) is 85.5 cm³/mol. The van der Waals surface area contributed by atoms with Crippen molar-refractivity contribution in [3.05, 3.63) is 24.3 Å². The third kappa shape index (κ3) is 4.71. The van der Waals surface area contributed by atoms with Crippen molar-refractivity contribution in [2.75, 3.05) is 32.6 Å². The maximum Gasteiger partial charge on any atom is 0.121 e. The van der Waals surface area contributed by atoms with Crippen LogP contribution >= 0.6 is 0 Å². The van der Waals surface area contributed by atoms with Crippen molar-refractivity contribution in [2.45, 2.75) is 38.6 Å². The molecule has 1 aliphatic carbocycles. The number of nitrogens with one attached hydrogen (secondary N) is 1. The van der Waals surface area contributed by atoms with Crippen LogP contribution in [0.2, 0.25) is 0 Å². The first-order valence-corrected chi connectivity index (χ1v) is 7.79. The number of benzene rings is 1. The van der Waals surface area contributed by atoms with Crippen molar-refractivity contribution < 1.29 is 4.74 Å². The Morgan fingerprint density at radius 2 is 2.05 bits per heavy atom. The van der Waals surface area contributed by atoms with E-state index >= 15 is 0 Å². The number of likely N-dealkylation sites (N-methyl/N-ethyl adjacent to an activating group) is 1. The van der Waals surface area contributed by atoms with Gasteiger partial charge in [0.25, 0.3) is 0 Å². The molecule has 0 aromatic heterocycles. The fourth-order valence-electron chi connectivity index (χ4n) is 2.86. The van der Waals surface area contributed by atoms with Gasteiger partial charge in [0.1, 0.15) is 12.4 Å². The van der Waals surface area contributed by atoms with Gasteiger partial charge in [-0.3, -0.25) is 0 Å². The highest BCUT2D eigenvalue weighted by molar-refractivity contribution is 5.48. The Balaban J connectivity index is 1.85. The van der Waals surface area contributed by atoms with Crippen LogP contribution in [0.3, 0.4) is 0 Å². The molecule has 2 rings (SSSR count). The van der Waals surface area contributed by atoms with Crippen molar-refractivity contribution in [3.63, 3.8) is 0 Å². The summed E-state index contributed by atoms with van der Waals surface area (Å²) in [5.41, 5.74) is 1.17. The van der Waals surface area contributed by atoms with Crippen LogP contribution in [-0.2, 0) is 0 Å². The van der Waals surface area contributed by atoms with E-state index in [0.29, 0.717) is 6.04 Å². The third-order valence-corrected chi connectivity index (χ3v) is 4.14. The molecule has 1 aromatic carbocycles. The molecule has 1 saturated carbocycles. The fraction of sp³-hybridized carbons (Fsp3) is 0.647. The Morgan fingerprint density at radius 1 is 1.30 bits per heavy atom. The van der Waals surface area contributed by atoms with Gasteiger partial charge in [0.15, 0.2) is 0 Å². The molecular weight excluding hydrogens is 248 g/mol. The van der Waals surface area contributed by atoms with Gasteiger partial charge in [0.2, 0.25) is 0 Å². The SMILES string of the molecule is CC(Nc1cccc(OCCN(C)C)c1)C1CCCC1. The van der Waals surface area contributed by atoms with E-state index in [1.165, 1.54) is 31.4 Å². The molecule has 0 spiro atoms. The molecule has 1 atom stereocenters. The van der Waals surface area contributed by atoms with Crippen LogP contribution < -0.4 is 10.1 Å². The molecule has 3 nitrogen and oxygen atoms in total. The number of anilines is 1. The Hall–Kier alpha value is -1.22. The zero-order valence-corrected chi connectivity index (χ0v) is 13.1. The minimum absolute atomic E-state index is 0.550. The van der Waals surface area contributed by atoms with Crippen LogP contribution in [0.5, 0.6) is 5.75 Å². The fourth-order valence-corrected chi connectivity index (χ4v) is 2.86. The summed E-state index contributed by atoms with van der Waals surface area (Å²) in [6.07, 6.45) is 5.52. The van der Waals surface area contributed by atoms with E-state index in [1.807, 2.05) is 6.07 Å². The van der Waals surface area contributed by atoms with Crippen molar-refractivity contribution in [3.8, 4) is 5.75 Å². The second kappa shape index (κ2) is 7.53. The summed E-state index contributed by atoms with van der Waals surface area (Å²) in [7, 11) is 4.12. The van der Waals surface area contributed by atoms with Gasteiger partial charge < -0.3 is 15.0 Å². The molecule has 1 aromatic rings. The highest BCUT2D eigenvalue weighted by Gasteiger charge is 2.21. The standard InChI is InChI=1S/C17H28N2O/c1-14(15-7-4-5-8-15)18-16-9-6-10-17(13-16)20-12-11-19(2)3/h6,9-10,13-15,18H,4-5,7-8,11-12H2,1-3H3. The van der Waals surface area contributed by atoms with E-state index < -0.39 is 0 Å². The minimum atomic E-state index is 0.550. The van der Waals surface area contributed by atoms with Gasteiger partial charge in [0.05, 0.1) is 0 Å². The monoisotopic (exact) mass is 276 g/mol. The lowest BCUT2D eigenvalue weighted by molar-refractivity contribution is 0.261. The Morgan fingerprint density at radius 3 is 2.75 bits per heavy atom. The van der Waals surface area contributed by atoms with E-state index in [1.54, 1.807) is 0 Å². The summed E-state index contributed by atoms with van der Waals surface area (Å²) in [6, 6.07) is 8.88.